The summed E-state index contributed by atoms with van der Waals surface area (Å²) in [6, 6.07) is 45.6. The molecule has 0 spiro atoms. The molecule has 79 heavy (non-hydrogen) atoms. The van der Waals surface area contributed by atoms with Crippen LogP contribution in [-0.4, -0.2) is 85.4 Å². The number of aryl methyl sites for hydroxylation is 2. The molecule has 3 saturated heterocycles. The summed E-state index contributed by atoms with van der Waals surface area (Å²) in [7, 11) is -0.0540. The number of hydrogen-bond acceptors (Lipinski definition) is 14. The van der Waals surface area contributed by atoms with Crippen LogP contribution in [0.1, 0.15) is 80.3 Å². The Bertz CT molecular complexity index is 3450. The summed E-state index contributed by atoms with van der Waals surface area (Å²) in [4.78, 5) is 57.4. The van der Waals surface area contributed by atoms with Gasteiger partial charge in [0.15, 0.2) is 0 Å². The van der Waals surface area contributed by atoms with Gasteiger partial charge in [0, 0.05) is 42.8 Å². The van der Waals surface area contributed by atoms with Crippen molar-refractivity contribution in [3.05, 3.63) is 221 Å². The first-order valence-electron chi connectivity index (χ1n) is 26.3. The van der Waals surface area contributed by atoms with E-state index in [2.05, 4.69) is 55.0 Å². The van der Waals surface area contributed by atoms with Crippen LogP contribution in [0.5, 0.6) is 11.5 Å². The third kappa shape index (κ3) is 11.1. The quantitative estimate of drug-likeness (QED) is 0.0513. The molecule has 5 aromatic carbocycles. The van der Waals surface area contributed by atoms with Crippen LogP contribution in [0.2, 0.25) is 5.04 Å². The van der Waals surface area contributed by atoms with Crippen molar-refractivity contribution in [2.75, 3.05) is 27.4 Å². The molecule has 3 aliphatic heterocycles. The van der Waals surface area contributed by atoms with Gasteiger partial charge < -0.3 is 41.7 Å². The van der Waals surface area contributed by atoms with Gasteiger partial charge in [0.25, 0.3) is 19.4 Å². The Morgan fingerprint density at radius 2 is 1.11 bits per heavy atom. The number of methoxy groups -OCH3 is 2. The molecule has 0 unspecified atom stereocenters. The van der Waals surface area contributed by atoms with Gasteiger partial charge in [-0.15, -0.1) is 0 Å². The highest BCUT2D eigenvalue weighted by molar-refractivity contribution is 8.07. The minimum Gasteiger partial charge on any atom is -0.497 e. The fourth-order valence-electron chi connectivity index (χ4n) is 11.2. The van der Waals surface area contributed by atoms with E-state index in [4.69, 9.17) is 53.5 Å². The minimum absolute atomic E-state index is 0.0780. The summed E-state index contributed by atoms with van der Waals surface area (Å²) in [5.74, 6) is 1.31. The largest absolute Gasteiger partial charge is 0.497 e. The second-order valence-electron chi connectivity index (χ2n) is 21.1. The molecule has 10 rings (SSSR count). The van der Waals surface area contributed by atoms with E-state index in [0.29, 0.717) is 29.0 Å². The Kier molecular flexibility index (Phi) is 16.3. The summed E-state index contributed by atoms with van der Waals surface area (Å²) in [6.45, 7) is 6.05. The Hall–Kier alpha value is -6.35. The van der Waals surface area contributed by atoms with E-state index in [1.54, 1.807) is 28.1 Å². The van der Waals surface area contributed by atoms with Crippen molar-refractivity contribution in [2.24, 2.45) is 0 Å². The summed E-state index contributed by atoms with van der Waals surface area (Å²) >= 11 is 6.37. The lowest BCUT2D eigenvalue weighted by Gasteiger charge is -2.46. The predicted octanol–water partition coefficient (Wildman–Crippen LogP) is 7.66. The second-order valence-corrected chi connectivity index (χ2v) is 28.3. The third-order valence-corrected chi connectivity index (χ3v) is 22.6. The van der Waals surface area contributed by atoms with Crippen LogP contribution < -0.4 is 42.3 Å². The van der Waals surface area contributed by atoms with Crippen LogP contribution in [0.25, 0.3) is 0 Å². The molecule has 3 aliphatic rings. The van der Waals surface area contributed by atoms with Gasteiger partial charge >= 0.3 is 18.1 Å². The van der Waals surface area contributed by atoms with Gasteiger partial charge in [-0.05, 0) is 82.0 Å². The van der Waals surface area contributed by atoms with Crippen LogP contribution >= 0.6 is 6.72 Å². The maximum Gasteiger partial charge on any atom is 0.330 e. The molecule has 0 radical (unpaired) electrons. The fourth-order valence-corrected chi connectivity index (χ4v) is 18.4. The number of rotatable bonds is 17. The first kappa shape index (κ1) is 55.9. The van der Waals surface area contributed by atoms with Crippen molar-refractivity contribution in [2.45, 2.75) is 107 Å². The molecule has 8 atom stereocenters. The number of nitrogens with zero attached hydrogens (tertiary/aromatic N) is 2. The van der Waals surface area contributed by atoms with Crippen molar-refractivity contribution < 1.29 is 41.7 Å². The highest BCUT2D eigenvalue weighted by atomic mass is 32.5. The Balaban J connectivity index is 1.02. The van der Waals surface area contributed by atoms with Gasteiger partial charge in [-0.1, -0.05) is 136 Å². The number of benzene rings is 5. The maximum absolute atomic E-state index is 13.6. The molecule has 17 nitrogen and oxygen atoms in total. The molecule has 2 aromatic heterocycles. The molecule has 3 fully saturated rings. The monoisotopic (exact) mass is 1130 g/mol. The van der Waals surface area contributed by atoms with E-state index < -0.39 is 91.1 Å². The van der Waals surface area contributed by atoms with Gasteiger partial charge in [0.2, 0.25) is 0 Å². The number of aromatic nitrogens is 4. The lowest BCUT2D eigenvalue weighted by atomic mass is 9.80. The zero-order chi connectivity index (χ0) is 55.7. The van der Waals surface area contributed by atoms with Crippen LogP contribution in [0, 0.1) is 13.8 Å². The van der Waals surface area contributed by atoms with Crippen LogP contribution in [0.3, 0.4) is 0 Å². The summed E-state index contributed by atoms with van der Waals surface area (Å²) in [5, 5.41) is 1.66. The van der Waals surface area contributed by atoms with E-state index in [1.807, 2.05) is 115 Å². The summed E-state index contributed by atoms with van der Waals surface area (Å²) in [5.41, 5.74) is -0.541. The minimum atomic E-state index is -3.77. The Morgan fingerprint density at radius 1 is 0.646 bits per heavy atom. The predicted molar refractivity (Wildman–Crippen MR) is 305 cm³/mol. The lowest BCUT2D eigenvalue weighted by molar-refractivity contribution is -0.106. The number of aromatic amines is 2. The van der Waals surface area contributed by atoms with Crippen LogP contribution in [0.15, 0.2) is 171 Å². The van der Waals surface area contributed by atoms with Gasteiger partial charge in [0.1, 0.15) is 41.8 Å². The number of ether oxygens (including phenoxy) is 5. The third-order valence-electron chi connectivity index (χ3n) is 15.1. The van der Waals surface area contributed by atoms with E-state index in [-0.39, 0.29) is 26.1 Å². The van der Waals surface area contributed by atoms with Crippen molar-refractivity contribution >= 4 is 37.2 Å². The average molecular weight is 1130 g/mol. The Morgan fingerprint density at radius 3 is 1.61 bits per heavy atom. The molecular formula is C59H65N4O13PSSi. The fraction of sp³-hybridized carbons (Fsp3) is 0.356. The van der Waals surface area contributed by atoms with Crippen molar-refractivity contribution in [1.29, 1.82) is 0 Å². The van der Waals surface area contributed by atoms with E-state index in [0.717, 1.165) is 27.1 Å². The van der Waals surface area contributed by atoms with Crippen molar-refractivity contribution in [3.8, 4) is 11.5 Å². The topological polar surface area (TPSA) is 193 Å². The average Bonchev–Trinajstić information content (AvgIpc) is 4.29. The molecule has 7 aromatic rings. The lowest BCUT2D eigenvalue weighted by Crippen LogP contribution is -2.68. The second kappa shape index (κ2) is 23.0. The first-order chi connectivity index (χ1) is 37.9. The van der Waals surface area contributed by atoms with E-state index in [1.165, 1.54) is 21.5 Å². The molecule has 0 bridgehead atoms. The zero-order valence-electron chi connectivity index (χ0n) is 45.1. The van der Waals surface area contributed by atoms with Gasteiger partial charge in [-0.2, -0.15) is 0 Å². The molecule has 0 aliphatic carbocycles. The number of H-pyrrole nitrogens is 2. The molecule has 2 N–H and O–H groups in total. The van der Waals surface area contributed by atoms with Crippen molar-refractivity contribution in [1.82, 2.24) is 19.1 Å². The molecule has 20 heteroatoms. The SMILES string of the molecule is COc1ccc(C(OC[C@H]2O[C@@H](n3cc(C)c(=O)[nH]c3=O)C[C@@H]2O[P@@]2(=S)OCC[C@@H]([C@H]3O[C@@H](n4cc(C)c(=O)[nH]c4=O)C[C@@H]3O[Si](c3ccccc3)(c3ccccc3)C(C)(C)C)O2)(c2ccccc2)c2ccc(OC)cc2)cc1. The number of nitrogens with one attached hydrogen (secondary N) is 2. The standard InChI is InChI=1S/C59H65N4O13PSSi/c1-38-35-62(56(66)60-54(38)64)51-33-48(50(72-51)37-70-59(40-17-11-8-12-18-40,41-23-27-43(68-6)28-24-41)42-25-29-44(69-7)30-26-42)75-77(78)71-32-31-47(74-77)53-49(34-52(73-53)63-36-39(2)55(65)61-57(63)67)76-79(58(3,4)5,45-19-13-9-14-20-45)46-21-15-10-16-22-46/h8-30,35-36,47-53H,31-34,37H2,1-7H3,(H,60,64,66)(H,61,65,67)/t47-,48-,49-,50+,51+,52+,53+,77+/m0/s1. The highest BCUT2D eigenvalue weighted by Crippen LogP contribution is 2.58. The van der Waals surface area contributed by atoms with Crippen LogP contribution in [-0.2, 0) is 49.6 Å². The molecule has 414 valence electrons. The molecular weight excluding hydrogens is 1060 g/mol. The van der Waals surface area contributed by atoms with Crippen molar-refractivity contribution in [3.63, 3.8) is 0 Å². The van der Waals surface area contributed by atoms with E-state index >= 15 is 0 Å². The highest BCUT2D eigenvalue weighted by Gasteiger charge is 2.56. The summed E-state index contributed by atoms with van der Waals surface area (Å²) in [6.07, 6.45) is -2.31. The molecule has 5 heterocycles. The van der Waals surface area contributed by atoms with Gasteiger partial charge in [-0.3, -0.25) is 28.7 Å². The normalized spacial score (nSPS) is 23.6. The first-order valence-corrected chi connectivity index (χ1v) is 30.8. The number of hydrogen-bond donors (Lipinski definition) is 2. The zero-order valence-corrected chi connectivity index (χ0v) is 47.8. The molecule has 0 saturated carbocycles. The van der Waals surface area contributed by atoms with Gasteiger partial charge in [-0.25, -0.2) is 9.59 Å². The maximum atomic E-state index is 13.6. The Labute approximate surface area is 463 Å². The van der Waals surface area contributed by atoms with Gasteiger partial charge in [0.05, 0.1) is 45.7 Å². The van der Waals surface area contributed by atoms with Crippen LogP contribution in [0.4, 0.5) is 0 Å². The molecule has 0 amide bonds. The summed E-state index contributed by atoms with van der Waals surface area (Å²) < 4.78 is 63.2. The smallest absolute Gasteiger partial charge is 0.330 e. The van der Waals surface area contributed by atoms with E-state index in [9.17, 15) is 19.2 Å².